The van der Waals surface area contributed by atoms with Crippen LogP contribution in [-0.4, -0.2) is 21.8 Å². The highest BCUT2D eigenvalue weighted by atomic mass is 32.1. The summed E-state index contributed by atoms with van der Waals surface area (Å²) < 4.78 is 0. The quantitative estimate of drug-likeness (QED) is 0.844. The van der Waals surface area contributed by atoms with Crippen LogP contribution < -0.4 is 5.73 Å². The smallest absolute Gasteiger partial charge is 0.236 e. The van der Waals surface area contributed by atoms with Crippen molar-refractivity contribution in [3.63, 3.8) is 0 Å². The van der Waals surface area contributed by atoms with E-state index < -0.39 is 5.41 Å². The third-order valence-corrected chi connectivity index (χ3v) is 4.67. The van der Waals surface area contributed by atoms with E-state index >= 15 is 0 Å². The molecule has 18 heavy (non-hydrogen) atoms. The summed E-state index contributed by atoms with van der Waals surface area (Å²) in [6, 6.07) is 4.21. The molecule has 0 aromatic carbocycles. The Morgan fingerprint density at radius 2 is 2.28 bits per heavy atom. The van der Waals surface area contributed by atoms with Gasteiger partial charge in [0.05, 0.1) is 16.9 Å². The predicted octanol–water partition coefficient (Wildman–Crippen LogP) is 2.55. The lowest BCUT2D eigenvalue weighted by molar-refractivity contribution is -0.136. The van der Waals surface area contributed by atoms with Crippen LogP contribution >= 0.6 is 23.6 Å². The van der Waals surface area contributed by atoms with Crippen molar-refractivity contribution in [3.05, 3.63) is 22.4 Å². The lowest BCUT2D eigenvalue weighted by atomic mass is 10.0. The normalized spacial score (nSPS) is 16.6. The van der Waals surface area contributed by atoms with E-state index in [9.17, 15) is 4.79 Å². The monoisotopic (exact) mass is 282 g/mol. The summed E-state index contributed by atoms with van der Waals surface area (Å²) in [6.07, 6.45) is 1.60. The number of nitrogens with two attached hydrogens (primary N) is 1. The van der Waals surface area contributed by atoms with E-state index in [2.05, 4.69) is 0 Å². The largest absolute Gasteiger partial charge is 0.392 e. The number of carbonyl (C=O) groups excluding carboxylic acids is 1. The Morgan fingerprint density at radius 3 is 2.67 bits per heavy atom. The number of hydrogen-bond acceptors (Lipinski definition) is 3. The molecule has 1 aromatic heterocycles. The number of amides is 1. The average Bonchev–Trinajstić information content (AvgIpc) is 2.97. The van der Waals surface area contributed by atoms with E-state index in [-0.39, 0.29) is 11.9 Å². The highest BCUT2D eigenvalue weighted by Gasteiger charge is 2.54. The van der Waals surface area contributed by atoms with Crippen LogP contribution in [0.4, 0.5) is 0 Å². The first kappa shape index (κ1) is 13.5. The molecule has 1 saturated carbocycles. The molecule has 0 spiro atoms. The van der Waals surface area contributed by atoms with Gasteiger partial charge in [0.25, 0.3) is 0 Å². The Morgan fingerprint density at radius 1 is 1.61 bits per heavy atom. The number of thiophene rings is 1. The first-order chi connectivity index (χ1) is 8.47. The molecule has 5 heteroatoms. The van der Waals surface area contributed by atoms with Gasteiger partial charge in [-0.05, 0) is 38.1 Å². The lowest BCUT2D eigenvalue weighted by Crippen LogP contribution is -2.45. The van der Waals surface area contributed by atoms with E-state index in [1.807, 2.05) is 36.3 Å². The first-order valence-electron chi connectivity index (χ1n) is 6.11. The maximum absolute atomic E-state index is 12.6. The van der Waals surface area contributed by atoms with Crippen molar-refractivity contribution in [2.24, 2.45) is 11.1 Å². The molecule has 1 heterocycles. The van der Waals surface area contributed by atoms with Crippen molar-refractivity contribution >= 4 is 34.5 Å². The number of hydrogen-bond donors (Lipinski definition) is 1. The Labute approximate surface area is 117 Å². The van der Waals surface area contributed by atoms with Crippen LogP contribution in [-0.2, 0) is 11.3 Å². The number of carbonyl (C=O) groups is 1. The van der Waals surface area contributed by atoms with Crippen molar-refractivity contribution in [2.75, 3.05) is 0 Å². The molecular weight excluding hydrogens is 264 g/mol. The third kappa shape index (κ3) is 2.42. The van der Waals surface area contributed by atoms with E-state index in [4.69, 9.17) is 18.0 Å². The van der Waals surface area contributed by atoms with E-state index in [0.29, 0.717) is 11.5 Å². The third-order valence-electron chi connectivity index (χ3n) is 3.42. The lowest BCUT2D eigenvalue weighted by Gasteiger charge is -2.30. The first-order valence-corrected chi connectivity index (χ1v) is 7.39. The molecule has 1 aromatic rings. The molecule has 1 fully saturated rings. The highest BCUT2D eigenvalue weighted by molar-refractivity contribution is 7.80. The van der Waals surface area contributed by atoms with Crippen LogP contribution in [0.1, 0.15) is 31.6 Å². The minimum absolute atomic E-state index is 0.0957. The molecule has 1 aliphatic carbocycles. The average molecular weight is 282 g/mol. The molecule has 2 rings (SSSR count). The second-order valence-corrected chi connectivity index (χ2v) is 6.52. The zero-order chi connectivity index (χ0) is 13.3. The minimum atomic E-state index is -0.545. The summed E-state index contributed by atoms with van der Waals surface area (Å²) in [4.78, 5) is 16.0. The molecule has 3 nitrogen and oxygen atoms in total. The Hall–Kier alpha value is -0.940. The van der Waals surface area contributed by atoms with Gasteiger partial charge in [0.2, 0.25) is 5.91 Å². The van der Waals surface area contributed by atoms with Gasteiger partial charge in [0.1, 0.15) is 0 Å². The molecule has 1 aliphatic rings. The summed E-state index contributed by atoms with van der Waals surface area (Å²) in [5.41, 5.74) is 5.19. The van der Waals surface area contributed by atoms with Crippen molar-refractivity contribution in [1.29, 1.82) is 0 Å². The molecule has 0 atom stereocenters. The predicted molar refractivity (Wildman–Crippen MR) is 78.5 cm³/mol. The van der Waals surface area contributed by atoms with Crippen LogP contribution in [0.25, 0.3) is 0 Å². The van der Waals surface area contributed by atoms with Crippen molar-refractivity contribution in [3.8, 4) is 0 Å². The second kappa shape index (κ2) is 4.97. The zero-order valence-corrected chi connectivity index (χ0v) is 12.3. The van der Waals surface area contributed by atoms with E-state index in [1.165, 1.54) is 4.88 Å². The Bertz CT molecular complexity index is 450. The summed E-state index contributed by atoms with van der Waals surface area (Å²) in [6.45, 7) is 4.71. The molecule has 2 N–H and O–H groups in total. The van der Waals surface area contributed by atoms with Gasteiger partial charge >= 0.3 is 0 Å². The fourth-order valence-corrected chi connectivity index (χ4v) is 3.02. The Balaban J connectivity index is 2.16. The van der Waals surface area contributed by atoms with Crippen LogP contribution in [0.15, 0.2) is 17.5 Å². The molecular formula is C13H18N2OS2. The van der Waals surface area contributed by atoms with Gasteiger partial charge in [-0.1, -0.05) is 18.3 Å². The van der Waals surface area contributed by atoms with Crippen molar-refractivity contribution in [2.45, 2.75) is 39.3 Å². The number of rotatable bonds is 5. The fraction of sp³-hybridized carbons (Fsp3) is 0.538. The van der Waals surface area contributed by atoms with Crippen molar-refractivity contribution < 1.29 is 4.79 Å². The van der Waals surface area contributed by atoms with Crippen LogP contribution in [0.5, 0.6) is 0 Å². The highest BCUT2D eigenvalue weighted by Crippen LogP contribution is 2.48. The van der Waals surface area contributed by atoms with Gasteiger partial charge < -0.3 is 10.6 Å². The molecule has 0 unspecified atom stereocenters. The van der Waals surface area contributed by atoms with Gasteiger partial charge in [0, 0.05) is 10.9 Å². The summed E-state index contributed by atoms with van der Waals surface area (Å²) in [5, 5.41) is 2.03. The second-order valence-electron chi connectivity index (χ2n) is 5.05. The van der Waals surface area contributed by atoms with Gasteiger partial charge in [-0.25, -0.2) is 0 Å². The van der Waals surface area contributed by atoms with Crippen molar-refractivity contribution in [1.82, 2.24) is 4.90 Å². The number of nitrogens with zero attached hydrogens (tertiary/aromatic N) is 1. The van der Waals surface area contributed by atoms with E-state index in [0.717, 1.165) is 12.8 Å². The molecule has 0 radical (unpaired) electrons. The maximum Gasteiger partial charge on any atom is 0.236 e. The maximum atomic E-state index is 12.6. The molecule has 1 amide bonds. The fourth-order valence-electron chi connectivity index (χ4n) is 2.02. The van der Waals surface area contributed by atoms with Gasteiger partial charge in [-0.15, -0.1) is 11.3 Å². The molecule has 0 bridgehead atoms. The minimum Gasteiger partial charge on any atom is -0.392 e. The Kier molecular flexibility index (Phi) is 3.73. The topological polar surface area (TPSA) is 46.3 Å². The van der Waals surface area contributed by atoms with Gasteiger partial charge in [0.15, 0.2) is 0 Å². The molecule has 0 saturated heterocycles. The summed E-state index contributed by atoms with van der Waals surface area (Å²) in [7, 11) is 0. The molecule has 98 valence electrons. The van der Waals surface area contributed by atoms with Crippen LogP contribution in [0, 0.1) is 5.41 Å². The zero-order valence-electron chi connectivity index (χ0n) is 10.7. The van der Waals surface area contributed by atoms with E-state index in [1.54, 1.807) is 11.3 Å². The van der Waals surface area contributed by atoms with Gasteiger partial charge in [-0.3, -0.25) is 4.79 Å². The molecule has 0 aliphatic heterocycles. The summed E-state index contributed by atoms with van der Waals surface area (Å²) in [5.74, 6) is 0.0957. The van der Waals surface area contributed by atoms with Gasteiger partial charge in [-0.2, -0.15) is 0 Å². The standard InChI is InChI=1S/C13H18N2OS2/c1-9(2)15(8-10-4-3-7-18-10)12(16)13(5-6-13)11(14)17/h3-4,7,9H,5-6,8H2,1-2H3,(H2,14,17). The number of thiocarbonyl (C=S) groups is 1. The summed E-state index contributed by atoms with van der Waals surface area (Å²) >= 11 is 6.72. The SMILES string of the molecule is CC(C)N(Cc1cccs1)C(=O)C1(C(N)=S)CC1. The van der Waals surface area contributed by atoms with Crippen LogP contribution in [0.2, 0.25) is 0 Å². The van der Waals surface area contributed by atoms with Crippen LogP contribution in [0.3, 0.4) is 0 Å².